The van der Waals surface area contributed by atoms with Crippen LogP contribution in [0.3, 0.4) is 0 Å². The first-order valence-corrected chi connectivity index (χ1v) is 6.57. The molecule has 0 saturated carbocycles. The molecule has 20 heavy (non-hydrogen) atoms. The quantitative estimate of drug-likeness (QED) is 0.675. The van der Waals surface area contributed by atoms with Crippen molar-refractivity contribution in [2.45, 2.75) is 13.3 Å². The number of nitrogens with one attached hydrogen (secondary N) is 2. The van der Waals surface area contributed by atoms with E-state index in [1.165, 1.54) is 4.90 Å². The van der Waals surface area contributed by atoms with E-state index >= 15 is 0 Å². The van der Waals surface area contributed by atoms with Crippen molar-refractivity contribution in [3.05, 3.63) is 23.8 Å². The Hall–Kier alpha value is -2.24. The van der Waals surface area contributed by atoms with Crippen LogP contribution in [0.15, 0.2) is 18.2 Å². The number of amides is 2. The molecule has 2 amide bonds. The van der Waals surface area contributed by atoms with E-state index in [9.17, 15) is 9.59 Å². The lowest BCUT2D eigenvalue weighted by atomic mass is 10.1. The van der Waals surface area contributed by atoms with Crippen LogP contribution in [-0.2, 0) is 4.79 Å². The van der Waals surface area contributed by atoms with E-state index in [0.29, 0.717) is 36.4 Å². The third-order valence-electron chi connectivity index (χ3n) is 2.75. The number of anilines is 2. The Morgan fingerprint density at radius 1 is 1.30 bits per heavy atom. The number of carbonyl (C=O) groups is 2. The fourth-order valence-corrected chi connectivity index (χ4v) is 1.70. The van der Waals surface area contributed by atoms with Crippen molar-refractivity contribution in [1.29, 1.82) is 0 Å². The summed E-state index contributed by atoms with van der Waals surface area (Å²) in [6.45, 7) is 2.96. The van der Waals surface area contributed by atoms with Gasteiger partial charge >= 0.3 is 0 Å². The van der Waals surface area contributed by atoms with Gasteiger partial charge in [-0.2, -0.15) is 0 Å². The van der Waals surface area contributed by atoms with Gasteiger partial charge in [0.05, 0.1) is 11.4 Å². The van der Waals surface area contributed by atoms with Gasteiger partial charge in [0.1, 0.15) is 0 Å². The Morgan fingerprint density at radius 2 is 2.00 bits per heavy atom. The second-order valence-electron chi connectivity index (χ2n) is 4.63. The number of nitrogens with two attached hydrogens (primary N) is 1. The molecule has 1 rings (SSSR count). The molecule has 0 bridgehead atoms. The number of rotatable bonds is 6. The van der Waals surface area contributed by atoms with E-state index in [1.807, 2.05) is 6.92 Å². The van der Waals surface area contributed by atoms with Gasteiger partial charge in [-0.1, -0.05) is 0 Å². The van der Waals surface area contributed by atoms with Gasteiger partial charge in [0.25, 0.3) is 5.91 Å². The second-order valence-corrected chi connectivity index (χ2v) is 4.63. The van der Waals surface area contributed by atoms with Crippen LogP contribution in [-0.4, -0.2) is 43.9 Å². The van der Waals surface area contributed by atoms with Crippen LogP contribution in [0.25, 0.3) is 0 Å². The maximum absolute atomic E-state index is 11.9. The number of nitrogen functional groups attached to an aromatic ring is 1. The highest BCUT2D eigenvalue weighted by atomic mass is 16.2. The summed E-state index contributed by atoms with van der Waals surface area (Å²) in [5.74, 6) is -0.101. The molecule has 0 saturated heterocycles. The van der Waals surface area contributed by atoms with Crippen LogP contribution >= 0.6 is 0 Å². The van der Waals surface area contributed by atoms with Crippen LogP contribution in [0, 0.1) is 0 Å². The monoisotopic (exact) mass is 278 g/mol. The van der Waals surface area contributed by atoms with Crippen molar-refractivity contribution >= 4 is 23.2 Å². The molecule has 0 aliphatic heterocycles. The SMILES string of the molecule is CCNC(=O)CCNc1cc(C(=O)N(C)C)ccc1N. The van der Waals surface area contributed by atoms with Gasteiger partial charge in [-0.15, -0.1) is 0 Å². The zero-order valence-electron chi connectivity index (χ0n) is 12.2. The number of nitrogens with zero attached hydrogens (tertiary/aromatic N) is 1. The molecule has 0 fully saturated rings. The molecule has 0 unspecified atom stereocenters. The zero-order chi connectivity index (χ0) is 15.1. The van der Waals surface area contributed by atoms with Crippen LogP contribution in [0.1, 0.15) is 23.7 Å². The first-order chi connectivity index (χ1) is 9.45. The van der Waals surface area contributed by atoms with Crippen molar-refractivity contribution < 1.29 is 9.59 Å². The molecule has 4 N–H and O–H groups in total. The smallest absolute Gasteiger partial charge is 0.253 e. The van der Waals surface area contributed by atoms with Gasteiger partial charge in [-0.3, -0.25) is 9.59 Å². The van der Waals surface area contributed by atoms with E-state index in [1.54, 1.807) is 32.3 Å². The highest BCUT2D eigenvalue weighted by molar-refractivity contribution is 5.95. The van der Waals surface area contributed by atoms with Crippen molar-refractivity contribution in [2.75, 3.05) is 38.2 Å². The van der Waals surface area contributed by atoms with Gasteiger partial charge in [-0.25, -0.2) is 0 Å². The third-order valence-corrected chi connectivity index (χ3v) is 2.75. The van der Waals surface area contributed by atoms with Crippen molar-refractivity contribution in [2.24, 2.45) is 0 Å². The van der Waals surface area contributed by atoms with Crippen LogP contribution in [0.5, 0.6) is 0 Å². The molecule has 0 aliphatic rings. The molecule has 0 spiro atoms. The third kappa shape index (κ3) is 4.46. The van der Waals surface area contributed by atoms with Crippen molar-refractivity contribution in [1.82, 2.24) is 10.2 Å². The number of hydrogen-bond donors (Lipinski definition) is 3. The summed E-state index contributed by atoms with van der Waals surface area (Å²) in [4.78, 5) is 24.7. The van der Waals surface area contributed by atoms with Crippen molar-refractivity contribution in [3.63, 3.8) is 0 Å². The summed E-state index contributed by atoms with van der Waals surface area (Å²) in [6.07, 6.45) is 0.360. The van der Waals surface area contributed by atoms with Gasteiger partial charge in [0.15, 0.2) is 0 Å². The maximum Gasteiger partial charge on any atom is 0.253 e. The average Bonchev–Trinajstić information content (AvgIpc) is 2.40. The molecular formula is C14H22N4O2. The molecule has 0 atom stereocenters. The summed E-state index contributed by atoms with van der Waals surface area (Å²) in [7, 11) is 3.39. The number of hydrogen-bond acceptors (Lipinski definition) is 4. The lowest BCUT2D eigenvalue weighted by Gasteiger charge is -2.14. The van der Waals surface area contributed by atoms with Gasteiger partial charge < -0.3 is 21.3 Å². The van der Waals surface area contributed by atoms with Crippen LogP contribution in [0.2, 0.25) is 0 Å². The summed E-state index contributed by atoms with van der Waals surface area (Å²) in [5, 5.41) is 5.80. The second kappa shape index (κ2) is 7.37. The molecule has 0 radical (unpaired) electrons. The Labute approximate surface area is 119 Å². The largest absolute Gasteiger partial charge is 0.397 e. The van der Waals surface area contributed by atoms with E-state index in [2.05, 4.69) is 10.6 Å². The fraction of sp³-hybridized carbons (Fsp3) is 0.429. The van der Waals surface area contributed by atoms with Crippen LogP contribution in [0.4, 0.5) is 11.4 Å². The molecule has 110 valence electrons. The highest BCUT2D eigenvalue weighted by Crippen LogP contribution is 2.20. The molecule has 0 aliphatic carbocycles. The van der Waals surface area contributed by atoms with Gasteiger partial charge in [0, 0.05) is 39.2 Å². The minimum absolute atomic E-state index is 0.0147. The Morgan fingerprint density at radius 3 is 2.60 bits per heavy atom. The fourth-order valence-electron chi connectivity index (χ4n) is 1.70. The number of benzene rings is 1. The number of carbonyl (C=O) groups excluding carboxylic acids is 2. The Bertz CT molecular complexity index is 486. The molecule has 1 aromatic rings. The summed E-state index contributed by atoms with van der Waals surface area (Å²) >= 11 is 0. The van der Waals surface area contributed by atoms with Crippen LogP contribution < -0.4 is 16.4 Å². The minimum Gasteiger partial charge on any atom is -0.397 e. The normalized spacial score (nSPS) is 9.95. The van der Waals surface area contributed by atoms with E-state index in [-0.39, 0.29) is 11.8 Å². The lowest BCUT2D eigenvalue weighted by Crippen LogP contribution is -2.25. The molecule has 1 aromatic carbocycles. The predicted octanol–water partition coefficient (Wildman–Crippen LogP) is 0.909. The first kappa shape index (κ1) is 15.8. The summed E-state index contributed by atoms with van der Waals surface area (Å²) in [6, 6.07) is 5.08. The van der Waals surface area contributed by atoms with Gasteiger partial charge in [0.2, 0.25) is 5.91 Å². The predicted molar refractivity (Wildman–Crippen MR) is 80.7 cm³/mol. The average molecular weight is 278 g/mol. The molecule has 0 heterocycles. The molecular weight excluding hydrogens is 256 g/mol. The maximum atomic E-state index is 11.9. The zero-order valence-corrected chi connectivity index (χ0v) is 12.2. The van der Waals surface area contributed by atoms with E-state index < -0.39 is 0 Å². The standard InChI is InChI=1S/C14H22N4O2/c1-4-16-13(19)7-8-17-12-9-10(5-6-11(12)15)14(20)18(2)3/h5-6,9,17H,4,7-8,15H2,1-3H3,(H,16,19). The van der Waals surface area contributed by atoms with Gasteiger partial charge in [-0.05, 0) is 25.1 Å². The Kier molecular flexibility index (Phi) is 5.83. The molecule has 6 heteroatoms. The molecule has 0 aromatic heterocycles. The minimum atomic E-state index is -0.0863. The topological polar surface area (TPSA) is 87.5 Å². The highest BCUT2D eigenvalue weighted by Gasteiger charge is 2.10. The molecule has 6 nitrogen and oxygen atoms in total. The first-order valence-electron chi connectivity index (χ1n) is 6.57. The summed E-state index contributed by atoms with van der Waals surface area (Å²) < 4.78 is 0. The van der Waals surface area contributed by atoms with E-state index in [0.717, 1.165) is 0 Å². The van der Waals surface area contributed by atoms with Crippen molar-refractivity contribution in [3.8, 4) is 0 Å². The summed E-state index contributed by atoms with van der Waals surface area (Å²) in [5.41, 5.74) is 7.63. The lowest BCUT2D eigenvalue weighted by molar-refractivity contribution is -0.120. The Balaban J connectivity index is 2.67. The van der Waals surface area contributed by atoms with E-state index in [4.69, 9.17) is 5.73 Å².